The lowest BCUT2D eigenvalue weighted by molar-refractivity contribution is -0.149. The maximum Gasteiger partial charge on any atom is 0.248 e. The van der Waals surface area contributed by atoms with Crippen molar-refractivity contribution in [2.75, 3.05) is 13.2 Å². The molecule has 8 heteroatoms. The van der Waals surface area contributed by atoms with E-state index < -0.39 is 6.10 Å². The van der Waals surface area contributed by atoms with Crippen molar-refractivity contribution < 1.29 is 24.2 Å². The van der Waals surface area contributed by atoms with Gasteiger partial charge >= 0.3 is 0 Å². The molecule has 0 spiro atoms. The van der Waals surface area contributed by atoms with Gasteiger partial charge < -0.3 is 19.9 Å². The fourth-order valence-electron chi connectivity index (χ4n) is 3.93. The van der Waals surface area contributed by atoms with E-state index in [0.29, 0.717) is 23.4 Å². The molecule has 7 nitrogen and oxygen atoms in total. The van der Waals surface area contributed by atoms with Crippen LogP contribution < -0.4 is 5.32 Å². The van der Waals surface area contributed by atoms with E-state index in [9.17, 15) is 9.59 Å². The number of hydrogen-bond donors (Lipinski definition) is 2. The first-order valence-corrected chi connectivity index (χ1v) is 10.7. The molecule has 3 rings (SSSR count). The molecule has 0 radical (unpaired) electrons. The van der Waals surface area contributed by atoms with Crippen LogP contribution in [0.25, 0.3) is 5.57 Å². The molecule has 1 saturated carbocycles. The van der Waals surface area contributed by atoms with Crippen molar-refractivity contribution in [1.82, 2.24) is 10.3 Å². The Labute approximate surface area is 169 Å². The predicted molar refractivity (Wildman–Crippen MR) is 106 cm³/mol. The lowest BCUT2D eigenvalue weighted by atomic mass is 9.72. The Morgan fingerprint density at radius 1 is 1.50 bits per heavy atom. The highest BCUT2D eigenvalue weighted by molar-refractivity contribution is 7.11. The minimum absolute atomic E-state index is 0.0937. The molecule has 28 heavy (non-hydrogen) atoms. The molecule has 5 atom stereocenters. The van der Waals surface area contributed by atoms with Crippen molar-refractivity contribution >= 4 is 28.6 Å². The first-order valence-electron chi connectivity index (χ1n) is 9.80. The number of Topliss-reactive ketones (excluding diaryl/α,β-unsaturated/α-hetero) is 1. The van der Waals surface area contributed by atoms with E-state index in [-0.39, 0.29) is 48.9 Å². The molecule has 1 aromatic rings. The zero-order valence-corrected chi connectivity index (χ0v) is 17.3. The number of nitrogens with one attached hydrogen (secondary N) is 1. The third-order valence-corrected chi connectivity index (χ3v) is 6.49. The normalized spacial score (nSPS) is 28.1. The van der Waals surface area contributed by atoms with E-state index in [4.69, 9.17) is 14.6 Å². The molecule has 2 aliphatic rings. The zero-order valence-electron chi connectivity index (χ0n) is 16.5. The molecule has 0 bridgehead atoms. The number of amides is 1. The lowest BCUT2D eigenvalue weighted by Gasteiger charge is -2.42. The van der Waals surface area contributed by atoms with E-state index in [2.05, 4.69) is 17.2 Å². The van der Waals surface area contributed by atoms with Crippen LogP contribution in [0.5, 0.6) is 0 Å². The Balaban J connectivity index is 1.69. The first-order chi connectivity index (χ1) is 13.4. The van der Waals surface area contributed by atoms with E-state index >= 15 is 0 Å². The van der Waals surface area contributed by atoms with Crippen molar-refractivity contribution in [1.29, 1.82) is 0 Å². The van der Waals surface area contributed by atoms with Gasteiger partial charge in [0.05, 0.1) is 30.5 Å². The predicted octanol–water partition coefficient (Wildman–Crippen LogP) is 2.08. The number of allylic oxidation sites excluding steroid dienone is 1. The number of aryl methyl sites for hydroxylation is 1. The third kappa shape index (κ3) is 4.45. The second kappa shape index (κ2) is 9.15. The summed E-state index contributed by atoms with van der Waals surface area (Å²) >= 11 is 1.46. The van der Waals surface area contributed by atoms with Crippen molar-refractivity contribution in [3.8, 4) is 0 Å². The summed E-state index contributed by atoms with van der Waals surface area (Å²) in [6, 6.07) is 0. The molecule has 0 saturated heterocycles. The maximum absolute atomic E-state index is 13.1. The second-order valence-corrected chi connectivity index (χ2v) is 8.30. The number of thiazole rings is 1. The zero-order chi connectivity index (χ0) is 20.3. The monoisotopic (exact) mass is 408 g/mol. The molecule has 2 heterocycles. The van der Waals surface area contributed by atoms with Crippen LogP contribution in [0.4, 0.5) is 0 Å². The number of ether oxygens (including phenoxy) is 2. The summed E-state index contributed by atoms with van der Waals surface area (Å²) in [6.45, 7) is 5.80. The smallest absolute Gasteiger partial charge is 0.248 e. The molecule has 1 amide bonds. The molecule has 1 aromatic heterocycles. The van der Waals surface area contributed by atoms with Gasteiger partial charge in [0, 0.05) is 24.0 Å². The Hall–Kier alpha value is -1.77. The summed E-state index contributed by atoms with van der Waals surface area (Å²) in [7, 11) is 0. The van der Waals surface area contributed by atoms with Crippen LogP contribution in [0.3, 0.4) is 0 Å². The van der Waals surface area contributed by atoms with Crippen LogP contribution in [0.2, 0.25) is 0 Å². The summed E-state index contributed by atoms with van der Waals surface area (Å²) < 4.78 is 12.0. The number of carbonyl (C=O) groups excluding carboxylic acids is 2. The first kappa shape index (κ1) is 21.0. The molecule has 0 aromatic carbocycles. The average Bonchev–Trinajstić information content (AvgIpc) is 3.11. The number of aliphatic hydroxyl groups excluding tert-OH is 1. The van der Waals surface area contributed by atoms with E-state index in [0.717, 1.165) is 12.1 Å². The molecule has 1 fully saturated rings. The van der Waals surface area contributed by atoms with Crippen LogP contribution in [-0.4, -0.2) is 53.2 Å². The Kier molecular flexibility index (Phi) is 6.85. The quantitative estimate of drug-likeness (QED) is 0.717. The van der Waals surface area contributed by atoms with Crippen molar-refractivity contribution in [2.45, 2.75) is 58.3 Å². The summed E-state index contributed by atoms with van der Waals surface area (Å²) in [4.78, 5) is 29.6. The molecule has 154 valence electrons. The van der Waals surface area contributed by atoms with Crippen LogP contribution in [-0.2, 0) is 19.1 Å². The van der Waals surface area contributed by atoms with Gasteiger partial charge in [-0.3, -0.25) is 9.59 Å². The van der Waals surface area contributed by atoms with Gasteiger partial charge in [-0.25, -0.2) is 4.98 Å². The molecular weight excluding hydrogens is 380 g/mol. The molecule has 1 aliphatic carbocycles. The molecule has 1 aliphatic heterocycles. The SMILES string of the molecule is CCC1CC2C(=O)C(c3nc(C)cs3)=COC2CC1OC(C)C(=O)NCCO. The fourth-order valence-corrected chi connectivity index (χ4v) is 4.74. The number of fused-ring (bicyclic) bond motifs is 1. The minimum Gasteiger partial charge on any atom is -0.496 e. The Bertz CT molecular complexity index is 747. The highest BCUT2D eigenvalue weighted by atomic mass is 32.1. The molecule has 5 unspecified atom stereocenters. The summed E-state index contributed by atoms with van der Waals surface area (Å²) in [5.74, 6) is -0.170. The van der Waals surface area contributed by atoms with Gasteiger partial charge in [0.2, 0.25) is 5.91 Å². The number of aliphatic hydroxyl groups is 1. The minimum atomic E-state index is -0.620. The van der Waals surface area contributed by atoms with Crippen LogP contribution in [0, 0.1) is 18.8 Å². The highest BCUT2D eigenvalue weighted by Crippen LogP contribution is 2.41. The van der Waals surface area contributed by atoms with Gasteiger partial charge in [-0.05, 0) is 26.2 Å². The number of rotatable bonds is 7. The summed E-state index contributed by atoms with van der Waals surface area (Å²) in [5.41, 5.74) is 1.46. The number of ketones is 1. The van der Waals surface area contributed by atoms with Gasteiger partial charge in [-0.1, -0.05) is 13.3 Å². The Morgan fingerprint density at radius 3 is 2.93 bits per heavy atom. The molecule has 2 N–H and O–H groups in total. The topological polar surface area (TPSA) is 97.8 Å². The van der Waals surface area contributed by atoms with Crippen LogP contribution in [0.15, 0.2) is 11.6 Å². The van der Waals surface area contributed by atoms with Gasteiger partial charge in [0.1, 0.15) is 17.2 Å². The molecular formula is C20H28N2O5S. The van der Waals surface area contributed by atoms with Crippen molar-refractivity contribution in [2.24, 2.45) is 11.8 Å². The standard InChI is InChI=1S/C20H28N2O5S/c1-4-13-7-14-17(8-16(13)27-12(3)19(25)21-5-6-23)26-9-15(18(14)24)20-22-11(2)10-28-20/h9-10,12-14,16-17,23H,4-8H2,1-3H3,(H,21,25). The number of nitrogens with zero attached hydrogens (tertiary/aromatic N) is 1. The van der Waals surface area contributed by atoms with Crippen LogP contribution in [0.1, 0.15) is 43.8 Å². The fraction of sp³-hybridized carbons (Fsp3) is 0.650. The van der Waals surface area contributed by atoms with Crippen molar-refractivity contribution in [3.63, 3.8) is 0 Å². The maximum atomic E-state index is 13.1. The van der Waals surface area contributed by atoms with Gasteiger partial charge in [-0.2, -0.15) is 0 Å². The Morgan fingerprint density at radius 2 is 2.29 bits per heavy atom. The average molecular weight is 409 g/mol. The number of carbonyl (C=O) groups is 2. The summed E-state index contributed by atoms with van der Waals surface area (Å²) in [6.07, 6.45) is 2.66. The van der Waals surface area contributed by atoms with E-state index in [1.807, 2.05) is 12.3 Å². The van der Waals surface area contributed by atoms with Crippen LogP contribution >= 0.6 is 11.3 Å². The van der Waals surface area contributed by atoms with Gasteiger partial charge in [0.25, 0.3) is 0 Å². The van der Waals surface area contributed by atoms with E-state index in [1.54, 1.807) is 13.2 Å². The summed E-state index contributed by atoms with van der Waals surface area (Å²) in [5, 5.41) is 14.1. The third-order valence-electron chi connectivity index (χ3n) is 5.49. The van der Waals surface area contributed by atoms with Crippen molar-refractivity contribution in [3.05, 3.63) is 22.3 Å². The number of hydrogen-bond acceptors (Lipinski definition) is 7. The van der Waals surface area contributed by atoms with E-state index in [1.165, 1.54) is 11.3 Å². The second-order valence-electron chi connectivity index (χ2n) is 7.44. The highest BCUT2D eigenvalue weighted by Gasteiger charge is 2.45. The lowest BCUT2D eigenvalue weighted by Crippen LogP contribution is -2.48. The largest absolute Gasteiger partial charge is 0.496 e. The number of aromatic nitrogens is 1. The van der Waals surface area contributed by atoms with Gasteiger partial charge in [0.15, 0.2) is 5.78 Å². The van der Waals surface area contributed by atoms with Gasteiger partial charge in [-0.15, -0.1) is 11.3 Å².